The number of Topliss-reactive ketones (excluding diaryl/α,β-unsaturated/α-hetero) is 2. The number of rotatable bonds is 21. The number of ketones is 2. The van der Waals surface area contributed by atoms with Crippen molar-refractivity contribution in [2.24, 2.45) is 16.0 Å². The summed E-state index contributed by atoms with van der Waals surface area (Å²) >= 11 is 0. The van der Waals surface area contributed by atoms with Gasteiger partial charge < -0.3 is 24.4 Å². The van der Waals surface area contributed by atoms with Gasteiger partial charge in [0.05, 0.1) is 19.3 Å². The summed E-state index contributed by atoms with van der Waals surface area (Å²) in [6.45, 7) is 19.4. The lowest BCUT2D eigenvalue weighted by molar-refractivity contribution is -0.157. The zero-order chi connectivity index (χ0) is 55.5. The van der Waals surface area contributed by atoms with E-state index in [9.17, 15) is 43.9 Å². The fourth-order valence-electron chi connectivity index (χ4n) is 8.39. The molecule has 0 radical (unpaired) electrons. The maximum atomic E-state index is 13.4. The molecule has 13 nitrogen and oxygen atoms in total. The molecular weight excluding hydrogens is 951 g/mol. The SMILES string of the molecule is CC1=C(/C=C/C(C)=C/C=C/C(C)=C/C=C/C=C(C)/C=C/C=C(C)/C=C/C2=C(C)C(=O)C(OC(=O)CCC(=O)Oc3ccc(/C=C/c4cc(O)cc(O)c4)cc3)CC2(C)C)C(C)(C)CC(OC(=O)CCC(=O)N=O)C1=O. The van der Waals surface area contributed by atoms with Gasteiger partial charge in [0.2, 0.25) is 0 Å². The van der Waals surface area contributed by atoms with E-state index in [1.165, 1.54) is 18.2 Å². The average molecular weight is 1020 g/mol. The van der Waals surface area contributed by atoms with E-state index < -0.39 is 46.9 Å². The maximum Gasteiger partial charge on any atom is 0.311 e. The van der Waals surface area contributed by atoms with Crippen molar-refractivity contribution in [1.29, 1.82) is 0 Å². The summed E-state index contributed by atoms with van der Waals surface area (Å²) in [7, 11) is 0. The van der Waals surface area contributed by atoms with Crippen molar-refractivity contribution in [1.82, 2.24) is 0 Å². The zero-order valence-electron chi connectivity index (χ0n) is 44.6. The predicted octanol–water partition coefficient (Wildman–Crippen LogP) is 13.0. The van der Waals surface area contributed by atoms with Crippen LogP contribution in [0, 0.1) is 15.7 Å². The maximum absolute atomic E-state index is 13.4. The zero-order valence-corrected chi connectivity index (χ0v) is 44.6. The predicted molar refractivity (Wildman–Crippen MR) is 293 cm³/mol. The van der Waals surface area contributed by atoms with Crippen LogP contribution in [-0.4, -0.2) is 57.8 Å². The molecule has 2 aliphatic carbocycles. The van der Waals surface area contributed by atoms with Crippen LogP contribution >= 0.6 is 0 Å². The van der Waals surface area contributed by atoms with Crippen molar-refractivity contribution in [3.8, 4) is 17.2 Å². The van der Waals surface area contributed by atoms with Crippen molar-refractivity contribution in [2.75, 3.05) is 0 Å². The number of esters is 3. The number of benzene rings is 2. The summed E-state index contributed by atoms with van der Waals surface area (Å²) in [5, 5.41) is 21.6. The van der Waals surface area contributed by atoms with Crippen molar-refractivity contribution < 1.29 is 53.2 Å². The van der Waals surface area contributed by atoms with Gasteiger partial charge in [0.25, 0.3) is 5.91 Å². The summed E-state index contributed by atoms with van der Waals surface area (Å²) in [5.74, 6) is -3.32. The lowest BCUT2D eigenvalue weighted by Gasteiger charge is -2.36. The Bertz CT molecular complexity index is 2880. The molecule has 394 valence electrons. The molecule has 2 unspecified atom stereocenters. The highest BCUT2D eigenvalue weighted by Gasteiger charge is 2.41. The third-order valence-corrected chi connectivity index (χ3v) is 12.5. The van der Waals surface area contributed by atoms with Crippen molar-refractivity contribution in [3.05, 3.63) is 188 Å². The Balaban J connectivity index is 1.23. The van der Waals surface area contributed by atoms with E-state index in [4.69, 9.17) is 14.2 Å². The van der Waals surface area contributed by atoms with Crippen LogP contribution in [0.25, 0.3) is 12.2 Å². The molecule has 2 atom stereocenters. The molecule has 0 fully saturated rings. The van der Waals surface area contributed by atoms with Crippen molar-refractivity contribution >= 4 is 47.5 Å². The summed E-state index contributed by atoms with van der Waals surface area (Å²) in [6, 6.07) is 10.9. The minimum Gasteiger partial charge on any atom is -0.508 e. The third kappa shape index (κ3) is 19.4. The number of amides is 1. The molecule has 0 aromatic heterocycles. The normalized spacial score (nSPS) is 18.9. The summed E-state index contributed by atoms with van der Waals surface area (Å²) in [5.41, 5.74) is 7.22. The van der Waals surface area contributed by atoms with Crippen LogP contribution in [0.2, 0.25) is 0 Å². The molecule has 0 saturated carbocycles. The second-order valence-electron chi connectivity index (χ2n) is 20.0. The lowest BCUT2D eigenvalue weighted by atomic mass is 9.71. The number of nitroso groups, excluding NO2 is 1. The number of allylic oxidation sites excluding steroid dienone is 20. The summed E-state index contributed by atoms with van der Waals surface area (Å²) in [6.07, 6.45) is 28.6. The highest BCUT2D eigenvalue weighted by Crippen LogP contribution is 2.42. The van der Waals surface area contributed by atoms with Crippen LogP contribution in [-0.2, 0) is 38.2 Å². The second kappa shape index (κ2) is 27.8. The summed E-state index contributed by atoms with van der Waals surface area (Å²) < 4.78 is 16.4. The molecule has 0 bridgehead atoms. The molecular formula is C62H69NO12. The van der Waals surface area contributed by atoms with Gasteiger partial charge in [0.15, 0.2) is 23.8 Å². The van der Waals surface area contributed by atoms with Crippen molar-refractivity contribution in [3.63, 3.8) is 0 Å². The molecule has 2 N–H and O–H groups in total. The minimum atomic E-state index is -0.967. The number of ether oxygens (including phenoxy) is 3. The Hall–Kier alpha value is -8.06. The first kappa shape index (κ1) is 59.5. The first-order chi connectivity index (χ1) is 35.4. The van der Waals surface area contributed by atoms with Gasteiger partial charge >= 0.3 is 17.9 Å². The molecule has 2 aromatic rings. The number of nitrogens with zero attached hydrogens (tertiary/aromatic N) is 1. The monoisotopic (exact) mass is 1020 g/mol. The van der Waals surface area contributed by atoms with E-state index in [0.29, 0.717) is 28.9 Å². The Morgan fingerprint density at radius 2 is 0.960 bits per heavy atom. The quantitative estimate of drug-likeness (QED) is 0.0395. The first-order valence-electron chi connectivity index (χ1n) is 24.7. The van der Waals surface area contributed by atoms with Crippen LogP contribution in [0.3, 0.4) is 0 Å². The largest absolute Gasteiger partial charge is 0.508 e. The number of carbonyl (C=O) groups excluding carboxylic acids is 6. The van der Waals surface area contributed by atoms with Gasteiger partial charge in [-0.1, -0.05) is 159 Å². The van der Waals surface area contributed by atoms with Crippen LogP contribution in [0.4, 0.5) is 0 Å². The Morgan fingerprint density at radius 1 is 0.560 bits per heavy atom. The van der Waals surface area contributed by atoms with Gasteiger partial charge in [-0.3, -0.25) is 28.8 Å². The molecule has 0 spiro atoms. The van der Waals surface area contributed by atoms with Gasteiger partial charge in [-0.05, 0) is 110 Å². The molecule has 2 aliphatic rings. The highest BCUT2D eigenvalue weighted by atomic mass is 16.6. The van der Waals surface area contributed by atoms with Crippen LogP contribution in [0.1, 0.15) is 119 Å². The molecule has 13 heteroatoms. The Kier molecular flexibility index (Phi) is 22.1. The number of phenols is 2. The number of carbonyl (C=O) groups is 6. The highest BCUT2D eigenvalue weighted by molar-refractivity contribution is 6.02. The lowest BCUT2D eigenvalue weighted by Crippen LogP contribution is -2.39. The van der Waals surface area contributed by atoms with E-state index in [1.54, 1.807) is 50.3 Å². The molecule has 0 heterocycles. The van der Waals surface area contributed by atoms with E-state index in [2.05, 4.69) is 5.18 Å². The van der Waals surface area contributed by atoms with Crippen LogP contribution in [0.15, 0.2) is 177 Å². The van der Waals surface area contributed by atoms with Gasteiger partial charge in [-0.2, -0.15) is 0 Å². The van der Waals surface area contributed by atoms with Gasteiger partial charge in [0, 0.05) is 30.5 Å². The third-order valence-electron chi connectivity index (χ3n) is 12.5. The Labute approximate surface area is 440 Å². The van der Waals surface area contributed by atoms with Crippen LogP contribution < -0.4 is 4.74 Å². The fraction of sp³-hybridized carbons (Fsp3) is 0.323. The standard InChI is InChI=1S/C62H69NO12/c1-40(17-13-19-42(3)21-29-51-44(5)59(70)53(38-61(51,7)8)74-57(68)32-31-55(66)63-72)15-11-12-16-41(2)18-14-20-43(4)22-30-52-45(6)60(71)54(39-62(52,9)10)75-58(69)34-33-56(67)73-50-27-25-46(26-28-50)23-24-47-35-48(64)37-49(65)36-47/h11-30,35-37,53-54,64-65H,31-34,38-39H2,1-10H3/b12-11+,17-13+,18-14+,24-23+,29-21+,30-22+,40-15+,41-16+,42-19+,43-20+. The molecule has 75 heavy (non-hydrogen) atoms. The van der Waals surface area contributed by atoms with Gasteiger partial charge in [0.1, 0.15) is 17.2 Å². The van der Waals surface area contributed by atoms with Gasteiger partial charge in [-0.25, -0.2) is 0 Å². The first-order valence-corrected chi connectivity index (χ1v) is 24.7. The topological polar surface area (TPSA) is 200 Å². The van der Waals surface area contributed by atoms with E-state index in [0.717, 1.165) is 39.0 Å². The van der Waals surface area contributed by atoms with Crippen LogP contribution in [0.5, 0.6) is 17.2 Å². The molecule has 2 aromatic carbocycles. The molecule has 0 saturated heterocycles. The molecule has 0 aliphatic heterocycles. The number of hydrogen-bond acceptors (Lipinski definition) is 12. The summed E-state index contributed by atoms with van der Waals surface area (Å²) in [4.78, 5) is 85.5. The second-order valence-corrected chi connectivity index (χ2v) is 20.0. The molecule has 4 rings (SSSR count). The number of hydrogen-bond donors (Lipinski definition) is 2. The fourth-order valence-corrected chi connectivity index (χ4v) is 8.39. The van der Waals surface area contributed by atoms with E-state index >= 15 is 0 Å². The van der Waals surface area contributed by atoms with E-state index in [1.807, 2.05) is 140 Å². The van der Waals surface area contributed by atoms with Gasteiger partial charge in [-0.15, -0.1) is 4.91 Å². The van der Waals surface area contributed by atoms with E-state index in [-0.39, 0.29) is 55.2 Å². The number of aromatic hydroxyl groups is 2. The van der Waals surface area contributed by atoms with Crippen molar-refractivity contribution in [2.45, 2.75) is 120 Å². The average Bonchev–Trinajstić information content (AvgIpc) is 3.33. The Morgan fingerprint density at radius 3 is 1.41 bits per heavy atom. The smallest absolute Gasteiger partial charge is 0.311 e. The minimum absolute atomic E-state index is 0.0546. The molecule has 1 amide bonds. The number of phenolic OH excluding ortho intramolecular Hbond substituents is 2.